The number of benzene rings is 2. The molecule has 0 aliphatic heterocycles. The van der Waals surface area contributed by atoms with Crippen LogP contribution in [0.15, 0.2) is 66.0 Å². The van der Waals surface area contributed by atoms with Crippen molar-refractivity contribution < 1.29 is 24.2 Å². The molecule has 2 amide bonds. The SMILES string of the molecule is CSCC[C@@H](NC(=O)C(NC(=O)OCC1c2ccccc2-c2ccccc21)c1cccs1)C(=O)O. The van der Waals surface area contributed by atoms with Crippen molar-refractivity contribution in [2.75, 3.05) is 18.6 Å². The quantitative estimate of drug-likeness (QED) is 0.367. The van der Waals surface area contributed by atoms with E-state index < -0.39 is 30.1 Å². The van der Waals surface area contributed by atoms with Crippen molar-refractivity contribution in [2.24, 2.45) is 0 Å². The van der Waals surface area contributed by atoms with Crippen molar-refractivity contribution in [3.8, 4) is 11.1 Å². The van der Waals surface area contributed by atoms with Crippen LogP contribution >= 0.6 is 23.1 Å². The standard InChI is InChI=1S/C26H26N2O5S2/c1-34-14-12-21(25(30)31)27-24(29)23(22-11-6-13-35-22)28-26(32)33-15-20-18-9-4-2-7-16(18)17-8-3-5-10-19(17)20/h2-11,13,20-21,23H,12,14-15H2,1H3,(H,27,29)(H,28,32)(H,30,31)/t21-,23?/m1/s1. The van der Waals surface area contributed by atoms with Crippen LogP contribution in [0.4, 0.5) is 4.79 Å². The molecule has 4 rings (SSSR count). The molecule has 0 fully saturated rings. The van der Waals surface area contributed by atoms with Gasteiger partial charge in [0.25, 0.3) is 0 Å². The van der Waals surface area contributed by atoms with Gasteiger partial charge in [-0.3, -0.25) is 4.79 Å². The number of alkyl carbamates (subject to hydrolysis) is 1. The molecule has 182 valence electrons. The molecule has 1 heterocycles. The average molecular weight is 511 g/mol. The van der Waals surface area contributed by atoms with E-state index in [-0.39, 0.29) is 18.9 Å². The second-order valence-electron chi connectivity index (χ2n) is 8.10. The zero-order valence-corrected chi connectivity index (χ0v) is 20.7. The number of carbonyl (C=O) groups excluding carboxylic acids is 2. The summed E-state index contributed by atoms with van der Waals surface area (Å²) in [6.07, 6.45) is 1.41. The van der Waals surface area contributed by atoms with E-state index in [2.05, 4.69) is 22.8 Å². The molecule has 3 N–H and O–H groups in total. The molecule has 2 aromatic carbocycles. The van der Waals surface area contributed by atoms with Crippen molar-refractivity contribution in [3.63, 3.8) is 0 Å². The number of ether oxygens (including phenoxy) is 1. The monoisotopic (exact) mass is 510 g/mol. The highest BCUT2D eigenvalue weighted by Crippen LogP contribution is 2.44. The van der Waals surface area contributed by atoms with Crippen LogP contribution in [0.3, 0.4) is 0 Å². The Morgan fingerprint density at radius 1 is 1.00 bits per heavy atom. The van der Waals surface area contributed by atoms with Gasteiger partial charge in [-0.25, -0.2) is 9.59 Å². The van der Waals surface area contributed by atoms with Gasteiger partial charge in [0.15, 0.2) is 0 Å². The zero-order chi connectivity index (χ0) is 24.8. The Labute approximate surface area is 211 Å². The molecule has 7 nitrogen and oxygen atoms in total. The molecule has 3 aromatic rings. The van der Waals surface area contributed by atoms with Crippen LogP contribution in [-0.2, 0) is 14.3 Å². The van der Waals surface area contributed by atoms with Crippen LogP contribution in [0.1, 0.15) is 34.4 Å². The molecule has 1 unspecified atom stereocenters. The second kappa shape index (κ2) is 11.4. The Morgan fingerprint density at radius 3 is 2.23 bits per heavy atom. The van der Waals surface area contributed by atoms with Gasteiger partial charge < -0.3 is 20.5 Å². The Bertz CT molecular complexity index is 1150. The second-order valence-corrected chi connectivity index (χ2v) is 10.1. The topological polar surface area (TPSA) is 105 Å². The number of fused-ring (bicyclic) bond motifs is 3. The zero-order valence-electron chi connectivity index (χ0n) is 19.1. The van der Waals surface area contributed by atoms with Crippen LogP contribution in [-0.4, -0.2) is 47.7 Å². The lowest BCUT2D eigenvalue weighted by Gasteiger charge is -2.21. The summed E-state index contributed by atoms with van der Waals surface area (Å²) in [6.45, 7) is 0.115. The molecule has 1 aromatic heterocycles. The van der Waals surface area contributed by atoms with Crippen molar-refractivity contribution in [2.45, 2.75) is 24.4 Å². The molecule has 0 saturated carbocycles. The van der Waals surface area contributed by atoms with E-state index >= 15 is 0 Å². The maximum Gasteiger partial charge on any atom is 0.408 e. The lowest BCUT2D eigenvalue weighted by Crippen LogP contribution is -2.47. The number of rotatable bonds is 10. The number of nitrogens with one attached hydrogen (secondary N) is 2. The smallest absolute Gasteiger partial charge is 0.408 e. The Hall–Kier alpha value is -3.30. The van der Waals surface area contributed by atoms with E-state index in [9.17, 15) is 19.5 Å². The van der Waals surface area contributed by atoms with Gasteiger partial charge in [-0.1, -0.05) is 54.6 Å². The highest BCUT2D eigenvalue weighted by Gasteiger charge is 2.31. The fourth-order valence-electron chi connectivity index (χ4n) is 4.23. The van der Waals surface area contributed by atoms with Crippen LogP contribution < -0.4 is 10.6 Å². The molecule has 35 heavy (non-hydrogen) atoms. The minimum Gasteiger partial charge on any atom is -0.480 e. The molecular weight excluding hydrogens is 484 g/mol. The van der Waals surface area contributed by atoms with Crippen LogP contribution in [0.25, 0.3) is 11.1 Å². The van der Waals surface area contributed by atoms with E-state index in [1.807, 2.05) is 42.7 Å². The Kier molecular flexibility index (Phi) is 8.09. The lowest BCUT2D eigenvalue weighted by molar-refractivity contribution is -0.142. The Morgan fingerprint density at radius 2 is 1.66 bits per heavy atom. The van der Waals surface area contributed by atoms with Gasteiger partial charge in [-0.05, 0) is 52.1 Å². The molecule has 0 saturated heterocycles. The van der Waals surface area contributed by atoms with Crippen molar-refractivity contribution in [3.05, 3.63) is 82.0 Å². The van der Waals surface area contributed by atoms with Crippen molar-refractivity contribution in [1.82, 2.24) is 10.6 Å². The van der Waals surface area contributed by atoms with Crippen LogP contribution in [0.2, 0.25) is 0 Å². The largest absolute Gasteiger partial charge is 0.480 e. The molecule has 1 aliphatic rings. The van der Waals surface area contributed by atoms with Gasteiger partial charge in [-0.2, -0.15) is 11.8 Å². The van der Waals surface area contributed by atoms with E-state index in [4.69, 9.17) is 4.74 Å². The van der Waals surface area contributed by atoms with E-state index in [1.54, 1.807) is 17.5 Å². The number of aliphatic carboxylic acids is 1. The number of carboxylic acids is 1. The third-order valence-corrected chi connectivity index (χ3v) is 7.50. The summed E-state index contributed by atoms with van der Waals surface area (Å²) in [7, 11) is 0. The summed E-state index contributed by atoms with van der Waals surface area (Å²) >= 11 is 2.79. The van der Waals surface area contributed by atoms with E-state index in [0.717, 1.165) is 22.3 Å². The average Bonchev–Trinajstić information content (AvgIpc) is 3.50. The molecule has 2 atom stereocenters. The van der Waals surface area contributed by atoms with Gasteiger partial charge in [0.1, 0.15) is 18.7 Å². The molecule has 9 heteroatoms. The number of amides is 2. The van der Waals surface area contributed by atoms with Crippen molar-refractivity contribution in [1.29, 1.82) is 0 Å². The Balaban J connectivity index is 1.45. The number of carboxylic acid groups (broad SMARTS) is 1. The molecule has 1 aliphatic carbocycles. The summed E-state index contributed by atoms with van der Waals surface area (Å²) in [5.74, 6) is -1.22. The van der Waals surface area contributed by atoms with Crippen LogP contribution in [0, 0.1) is 0 Å². The third kappa shape index (κ3) is 5.68. The maximum absolute atomic E-state index is 13.0. The summed E-state index contributed by atoms with van der Waals surface area (Å²) in [5.41, 5.74) is 4.43. The molecular formula is C26H26N2O5S2. The first kappa shape index (κ1) is 24.8. The first-order valence-corrected chi connectivity index (χ1v) is 13.4. The summed E-state index contributed by atoms with van der Waals surface area (Å²) < 4.78 is 5.59. The summed E-state index contributed by atoms with van der Waals surface area (Å²) in [5, 5.41) is 16.4. The van der Waals surface area contributed by atoms with Gasteiger partial charge >= 0.3 is 12.1 Å². The highest BCUT2D eigenvalue weighted by atomic mass is 32.2. The van der Waals surface area contributed by atoms with Gasteiger partial charge in [0.2, 0.25) is 5.91 Å². The number of thioether (sulfide) groups is 1. The number of hydrogen-bond donors (Lipinski definition) is 3. The number of hydrogen-bond acceptors (Lipinski definition) is 6. The van der Waals surface area contributed by atoms with Crippen LogP contribution in [0.5, 0.6) is 0 Å². The fraction of sp³-hybridized carbons (Fsp3) is 0.269. The predicted molar refractivity (Wildman–Crippen MR) is 138 cm³/mol. The minimum absolute atomic E-state index is 0.106. The maximum atomic E-state index is 13.0. The molecule has 0 bridgehead atoms. The van der Waals surface area contributed by atoms with Gasteiger partial charge in [0.05, 0.1) is 0 Å². The highest BCUT2D eigenvalue weighted by molar-refractivity contribution is 7.98. The number of thiophene rings is 1. The normalized spacial score (nSPS) is 13.9. The predicted octanol–water partition coefficient (Wildman–Crippen LogP) is 4.65. The molecule has 0 radical (unpaired) electrons. The van der Waals surface area contributed by atoms with E-state index in [0.29, 0.717) is 10.6 Å². The third-order valence-electron chi connectivity index (χ3n) is 5.92. The fourth-order valence-corrected chi connectivity index (χ4v) is 5.47. The molecule has 0 spiro atoms. The lowest BCUT2D eigenvalue weighted by atomic mass is 9.98. The van der Waals surface area contributed by atoms with Gasteiger partial charge in [0, 0.05) is 10.8 Å². The van der Waals surface area contributed by atoms with Gasteiger partial charge in [-0.15, -0.1) is 11.3 Å². The summed E-state index contributed by atoms with van der Waals surface area (Å²) in [4.78, 5) is 38.0. The van der Waals surface area contributed by atoms with Crippen molar-refractivity contribution >= 4 is 41.1 Å². The number of carbonyl (C=O) groups is 3. The summed E-state index contributed by atoms with van der Waals surface area (Å²) in [6, 6.07) is 17.5. The van der Waals surface area contributed by atoms with E-state index in [1.165, 1.54) is 23.1 Å². The minimum atomic E-state index is -1.11. The first-order chi connectivity index (χ1) is 17.0. The first-order valence-electron chi connectivity index (χ1n) is 11.2.